The van der Waals surface area contributed by atoms with Crippen LogP contribution < -0.4 is 4.74 Å². The first kappa shape index (κ1) is 24.5. The summed E-state index contributed by atoms with van der Waals surface area (Å²) in [6.45, 7) is 0. The van der Waals surface area contributed by atoms with Gasteiger partial charge in [-0.1, -0.05) is 127 Å². The Morgan fingerprint density at radius 2 is 0.911 bits per heavy atom. The summed E-state index contributed by atoms with van der Waals surface area (Å²) >= 11 is 0. The van der Waals surface area contributed by atoms with Crippen molar-refractivity contribution in [1.82, 2.24) is 0 Å². The molecular formula is C44H26O. The summed E-state index contributed by atoms with van der Waals surface area (Å²) in [7, 11) is 0. The van der Waals surface area contributed by atoms with Gasteiger partial charge >= 0.3 is 0 Å². The second-order valence-corrected chi connectivity index (χ2v) is 12.1. The fourth-order valence-electron chi connectivity index (χ4n) is 7.46. The van der Waals surface area contributed by atoms with Crippen molar-refractivity contribution in [2.45, 2.75) is 0 Å². The van der Waals surface area contributed by atoms with Crippen molar-refractivity contribution in [3.8, 4) is 56.0 Å². The van der Waals surface area contributed by atoms with Crippen molar-refractivity contribution in [2.24, 2.45) is 0 Å². The number of hydrogen-bond acceptors (Lipinski definition) is 1. The predicted molar refractivity (Wildman–Crippen MR) is 189 cm³/mol. The van der Waals surface area contributed by atoms with E-state index in [-0.39, 0.29) is 0 Å². The van der Waals surface area contributed by atoms with E-state index in [1.807, 2.05) is 6.07 Å². The lowest BCUT2D eigenvalue weighted by Gasteiger charge is -2.23. The van der Waals surface area contributed by atoms with Crippen LogP contribution >= 0.6 is 0 Å². The van der Waals surface area contributed by atoms with Gasteiger partial charge in [-0.05, 0) is 107 Å². The summed E-state index contributed by atoms with van der Waals surface area (Å²) < 4.78 is 6.56. The summed E-state index contributed by atoms with van der Waals surface area (Å²) in [5, 5.41) is 10.3. The number of hydrogen-bond donors (Lipinski definition) is 0. The van der Waals surface area contributed by atoms with E-state index in [4.69, 9.17) is 4.74 Å². The molecule has 0 aromatic heterocycles. The lowest BCUT2D eigenvalue weighted by molar-refractivity contribution is 0.487. The minimum Gasteiger partial charge on any atom is -0.456 e. The zero-order valence-corrected chi connectivity index (χ0v) is 24.4. The van der Waals surface area contributed by atoms with Crippen LogP contribution in [0.1, 0.15) is 0 Å². The molecule has 0 radical (unpaired) electrons. The van der Waals surface area contributed by atoms with Crippen molar-refractivity contribution in [3.63, 3.8) is 0 Å². The van der Waals surface area contributed by atoms with Crippen LogP contribution in [-0.4, -0.2) is 0 Å². The highest BCUT2D eigenvalue weighted by Gasteiger charge is 2.22. The molecule has 0 unspecified atom stereocenters. The first-order valence-corrected chi connectivity index (χ1v) is 15.5. The largest absolute Gasteiger partial charge is 0.456 e. The van der Waals surface area contributed by atoms with E-state index in [1.54, 1.807) is 0 Å². The molecule has 1 nitrogen and oxygen atoms in total. The SMILES string of the molecule is c1ccc(-c2ccc3c(c2)Oc2ccc(-c4ccc(-c5cc6ccc7cccc8ccc(c5)c6c78)cc4)c4cccc-3c24)cc1. The summed E-state index contributed by atoms with van der Waals surface area (Å²) in [6.07, 6.45) is 0. The third kappa shape index (κ3) is 3.68. The van der Waals surface area contributed by atoms with Gasteiger partial charge in [0.1, 0.15) is 11.5 Å². The average molecular weight is 571 g/mol. The highest BCUT2D eigenvalue weighted by molar-refractivity contribution is 6.23. The molecule has 0 fully saturated rings. The number of ether oxygens (including phenoxy) is 1. The molecule has 10 rings (SSSR count). The van der Waals surface area contributed by atoms with Gasteiger partial charge in [0.05, 0.1) is 0 Å². The van der Waals surface area contributed by atoms with Crippen LogP contribution in [0, 0.1) is 0 Å². The molecule has 0 saturated heterocycles. The average Bonchev–Trinajstić information content (AvgIpc) is 3.11. The molecule has 1 aliphatic heterocycles. The summed E-state index contributed by atoms with van der Waals surface area (Å²) in [5.74, 6) is 1.81. The molecule has 0 amide bonds. The molecule has 0 bridgehead atoms. The third-order valence-corrected chi connectivity index (χ3v) is 9.59. The van der Waals surface area contributed by atoms with Gasteiger partial charge in [-0.15, -0.1) is 0 Å². The number of fused-ring (bicyclic) bond motifs is 2. The number of benzene rings is 9. The van der Waals surface area contributed by atoms with E-state index in [2.05, 4.69) is 152 Å². The first-order chi connectivity index (χ1) is 22.3. The summed E-state index contributed by atoms with van der Waals surface area (Å²) in [5.41, 5.74) is 9.57. The molecule has 0 N–H and O–H groups in total. The molecule has 9 aromatic carbocycles. The van der Waals surface area contributed by atoms with Crippen molar-refractivity contribution in [3.05, 3.63) is 158 Å². The minimum atomic E-state index is 0.905. The smallest absolute Gasteiger partial charge is 0.135 e. The van der Waals surface area contributed by atoms with Crippen LogP contribution in [0.15, 0.2) is 158 Å². The first-order valence-electron chi connectivity index (χ1n) is 15.5. The van der Waals surface area contributed by atoms with Crippen LogP contribution in [0.5, 0.6) is 11.5 Å². The van der Waals surface area contributed by atoms with E-state index in [1.165, 1.54) is 76.5 Å². The zero-order valence-electron chi connectivity index (χ0n) is 24.4. The summed E-state index contributed by atoms with van der Waals surface area (Å²) in [4.78, 5) is 0. The lowest BCUT2D eigenvalue weighted by atomic mass is 9.89. The Bertz CT molecular complexity index is 2530. The fourth-order valence-corrected chi connectivity index (χ4v) is 7.46. The Morgan fingerprint density at radius 3 is 1.69 bits per heavy atom. The van der Waals surface area contributed by atoms with E-state index in [0.29, 0.717) is 0 Å². The Hall–Kier alpha value is -5.92. The molecule has 1 heterocycles. The maximum atomic E-state index is 6.56. The minimum absolute atomic E-state index is 0.905. The maximum absolute atomic E-state index is 6.56. The van der Waals surface area contributed by atoms with Crippen molar-refractivity contribution < 1.29 is 4.74 Å². The van der Waals surface area contributed by atoms with Crippen LogP contribution in [0.3, 0.4) is 0 Å². The van der Waals surface area contributed by atoms with E-state index in [9.17, 15) is 0 Å². The van der Waals surface area contributed by atoms with Crippen LogP contribution in [0.4, 0.5) is 0 Å². The molecule has 0 saturated carbocycles. The van der Waals surface area contributed by atoms with Gasteiger partial charge in [0, 0.05) is 10.9 Å². The van der Waals surface area contributed by atoms with Gasteiger partial charge < -0.3 is 4.74 Å². The standard InChI is InChI=1S/C44H26O/c1-2-6-27(7-3-1)32-20-21-37-39-11-5-10-38-36(22-23-40(44(38)39)45-41(37)26-32)29-14-12-28(13-15-29)35-24-33-18-16-30-8-4-9-31-17-19-34(25-35)43(33)42(30)31/h1-26H. The van der Waals surface area contributed by atoms with Gasteiger partial charge in [0.15, 0.2) is 0 Å². The van der Waals surface area contributed by atoms with Crippen LogP contribution in [-0.2, 0) is 0 Å². The van der Waals surface area contributed by atoms with Crippen molar-refractivity contribution in [1.29, 1.82) is 0 Å². The molecule has 1 aliphatic rings. The quantitative estimate of drug-likeness (QED) is 0.192. The van der Waals surface area contributed by atoms with Gasteiger partial charge in [-0.3, -0.25) is 0 Å². The van der Waals surface area contributed by atoms with Gasteiger partial charge in [-0.2, -0.15) is 0 Å². The van der Waals surface area contributed by atoms with Crippen molar-refractivity contribution >= 4 is 43.1 Å². The van der Waals surface area contributed by atoms with E-state index >= 15 is 0 Å². The maximum Gasteiger partial charge on any atom is 0.135 e. The predicted octanol–water partition coefficient (Wildman–Crippen LogP) is 12.5. The molecule has 0 aliphatic carbocycles. The Morgan fingerprint density at radius 1 is 0.289 bits per heavy atom. The second-order valence-electron chi connectivity index (χ2n) is 12.1. The van der Waals surface area contributed by atoms with Crippen LogP contribution in [0.25, 0.3) is 87.6 Å². The highest BCUT2D eigenvalue weighted by Crippen LogP contribution is 2.49. The molecule has 9 aromatic rings. The van der Waals surface area contributed by atoms with Crippen LogP contribution in [0.2, 0.25) is 0 Å². The van der Waals surface area contributed by atoms with E-state index in [0.717, 1.165) is 22.6 Å². The van der Waals surface area contributed by atoms with Gasteiger partial charge in [0.2, 0.25) is 0 Å². The fraction of sp³-hybridized carbons (Fsp3) is 0. The van der Waals surface area contributed by atoms with E-state index < -0.39 is 0 Å². The molecule has 0 spiro atoms. The van der Waals surface area contributed by atoms with Gasteiger partial charge in [0.25, 0.3) is 0 Å². The Balaban J connectivity index is 1.05. The lowest BCUT2D eigenvalue weighted by Crippen LogP contribution is -1.98. The topological polar surface area (TPSA) is 9.23 Å². The summed E-state index contributed by atoms with van der Waals surface area (Å²) in [6, 6.07) is 57.3. The normalized spacial score (nSPS) is 12.2. The molecule has 45 heavy (non-hydrogen) atoms. The number of rotatable bonds is 3. The van der Waals surface area contributed by atoms with Crippen molar-refractivity contribution in [2.75, 3.05) is 0 Å². The monoisotopic (exact) mass is 570 g/mol. The third-order valence-electron chi connectivity index (χ3n) is 9.59. The highest BCUT2D eigenvalue weighted by atomic mass is 16.5. The molecule has 208 valence electrons. The Kier molecular flexibility index (Phi) is 5.06. The Labute approximate surface area is 260 Å². The van der Waals surface area contributed by atoms with Gasteiger partial charge in [-0.25, -0.2) is 0 Å². The zero-order chi connectivity index (χ0) is 29.5. The molecule has 1 heteroatoms. The molecule has 0 atom stereocenters. The molecular weight excluding hydrogens is 544 g/mol. The second kappa shape index (κ2) is 9.29.